The number of nitrogens with one attached hydrogen (secondary N) is 2. The van der Waals surface area contributed by atoms with E-state index >= 15 is 0 Å². The van der Waals surface area contributed by atoms with Crippen molar-refractivity contribution in [2.45, 2.75) is 44.6 Å². The summed E-state index contributed by atoms with van der Waals surface area (Å²) in [6, 6.07) is 0.750. The average Bonchev–Trinajstić information content (AvgIpc) is 3.17. The van der Waals surface area contributed by atoms with Crippen LogP contribution >= 0.6 is 0 Å². The molecular weight excluding hydrogens is 200 g/mol. The van der Waals surface area contributed by atoms with Gasteiger partial charge in [-0.2, -0.15) is 0 Å². The molecule has 2 unspecified atom stereocenters. The van der Waals surface area contributed by atoms with Crippen LogP contribution in [-0.2, 0) is 4.79 Å². The number of amides is 1. The molecule has 3 rings (SSSR count). The largest absolute Gasteiger partial charge is 0.355 e. The van der Waals surface area contributed by atoms with E-state index in [1.165, 1.54) is 38.5 Å². The molecule has 3 fully saturated rings. The Morgan fingerprint density at radius 3 is 2.31 bits per heavy atom. The maximum atomic E-state index is 11.9. The van der Waals surface area contributed by atoms with E-state index in [2.05, 4.69) is 10.6 Å². The second-order valence-electron chi connectivity index (χ2n) is 5.66. The van der Waals surface area contributed by atoms with Crippen LogP contribution in [0.1, 0.15) is 38.5 Å². The number of fused-ring (bicyclic) bond motifs is 1. The maximum Gasteiger partial charge on any atom is 0.223 e. The second-order valence-corrected chi connectivity index (χ2v) is 5.66. The third kappa shape index (κ3) is 2.24. The zero-order valence-electron chi connectivity index (χ0n) is 9.87. The fourth-order valence-electron chi connectivity index (χ4n) is 3.25. The summed E-state index contributed by atoms with van der Waals surface area (Å²) in [6.07, 6.45) is 7.91. The fourth-order valence-corrected chi connectivity index (χ4v) is 3.25. The van der Waals surface area contributed by atoms with E-state index in [4.69, 9.17) is 0 Å². The molecule has 3 heteroatoms. The van der Waals surface area contributed by atoms with Crippen molar-refractivity contribution in [3.8, 4) is 0 Å². The molecule has 2 atom stereocenters. The topological polar surface area (TPSA) is 41.1 Å². The molecule has 1 amide bonds. The van der Waals surface area contributed by atoms with Crippen molar-refractivity contribution in [3.05, 3.63) is 0 Å². The van der Waals surface area contributed by atoms with Crippen LogP contribution in [0.5, 0.6) is 0 Å². The Hall–Kier alpha value is -0.570. The third-order valence-corrected chi connectivity index (χ3v) is 4.39. The third-order valence-electron chi connectivity index (χ3n) is 4.39. The first-order valence-electron chi connectivity index (χ1n) is 6.87. The highest BCUT2D eigenvalue weighted by Crippen LogP contribution is 2.55. The van der Waals surface area contributed by atoms with Crippen LogP contribution < -0.4 is 10.6 Å². The predicted octanol–water partition coefficient (Wildman–Crippen LogP) is 1.29. The van der Waals surface area contributed by atoms with E-state index in [9.17, 15) is 4.79 Å². The summed E-state index contributed by atoms with van der Waals surface area (Å²) >= 11 is 0. The van der Waals surface area contributed by atoms with Crippen LogP contribution in [0.3, 0.4) is 0 Å². The van der Waals surface area contributed by atoms with Crippen molar-refractivity contribution in [1.29, 1.82) is 0 Å². The van der Waals surface area contributed by atoms with Gasteiger partial charge in [0.05, 0.1) is 0 Å². The number of rotatable bonds is 5. The van der Waals surface area contributed by atoms with Gasteiger partial charge in [-0.1, -0.05) is 12.8 Å². The first-order valence-corrected chi connectivity index (χ1v) is 6.87. The van der Waals surface area contributed by atoms with Crippen LogP contribution in [0, 0.1) is 17.8 Å². The van der Waals surface area contributed by atoms with Crippen molar-refractivity contribution < 1.29 is 4.79 Å². The van der Waals surface area contributed by atoms with Crippen LogP contribution in [-0.4, -0.2) is 25.0 Å². The molecule has 2 N–H and O–H groups in total. The molecule has 90 valence electrons. The minimum Gasteiger partial charge on any atom is -0.355 e. The Morgan fingerprint density at radius 2 is 1.69 bits per heavy atom. The van der Waals surface area contributed by atoms with E-state index in [0.717, 1.165) is 31.0 Å². The summed E-state index contributed by atoms with van der Waals surface area (Å²) in [5, 5.41) is 6.50. The summed E-state index contributed by atoms with van der Waals surface area (Å²) in [5.41, 5.74) is 0. The van der Waals surface area contributed by atoms with Crippen LogP contribution in [0.4, 0.5) is 0 Å². The summed E-state index contributed by atoms with van der Waals surface area (Å²) in [5.74, 6) is 2.19. The highest BCUT2D eigenvalue weighted by Gasteiger charge is 2.54. The lowest BCUT2D eigenvalue weighted by molar-refractivity contribution is -0.122. The molecule has 3 saturated carbocycles. The van der Waals surface area contributed by atoms with Gasteiger partial charge in [-0.05, 0) is 37.5 Å². The number of hydrogen-bond acceptors (Lipinski definition) is 2. The first-order chi connectivity index (χ1) is 7.86. The summed E-state index contributed by atoms with van der Waals surface area (Å²) in [4.78, 5) is 11.9. The standard InChI is InChI=1S/C13H22N2O/c16-13(15-8-7-14-9-5-6-9)12-10-3-1-2-4-11(10)12/h9-12,14H,1-8H2,(H,15,16). The van der Waals surface area contributed by atoms with E-state index < -0.39 is 0 Å². The molecule has 0 aliphatic heterocycles. The summed E-state index contributed by atoms with van der Waals surface area (Å²) in [7, 11) is 0. The van der Waals surface area contributed by atoms with Gasteiger partial charge in [0.2, 0.25) is 5.91 Å². The lowest BCUT2D eigenvalue weighted by atomic mass is 10.0. The molecule has 3 aliphatic rings. The fraction of sp³-hybridized carbons (Fsp3) is 0.923. The Kier molecular flexibility index (Phi) is 2.88. The lowest BCUT2D eigenvalue weighted by Gasteiger charge is -2.05. The molecule has 0 saturated heterocycles. The molecule has 0 radical (unpaired) electrons. The van der Waals surface area contributed by atoms with E-state index in [1.54, 1.807) is 0 Å². The highest BCUT2D eigenvalue weighted by molar-refractivity contribution is 5.82. The Morgan fingerprint density at radius 1 is 1.00 bits per heavy atom. The smallest absolute Gasteiger partial charge is 0.223 e. The Balaban J connectivity index is 1.34. The van der Waals surface area contributed by atoms with Gasteiger partial charge in [0.1, 0.15) is 0 Å². The minimum atomic E-state index is 0.328. The molecule has 16 heavy (non-hydrogen) atoms. The molecule has 0 spiro atoms. The van der Waals surface area contributed by atoms with Crippen molar-refractivity contribution in [2.24, 2.45) is 17.8 Å². The average molecular weight is 222 g/mol. The normalized spacial score (nSPS) is 36.6. The quantitative estimate of drug-likeness (QED) is 0.688. The van der Waals surface area contributed by atoms with Gasteiger partial charge >= 0.3 is 0 Å². The van der Waals surface area contributed by atoms with Gasteiger partial charge in [0.15, 0.2) is 0 Å². The Bertz CT molecular complexity index is 263. The monoisotopic (exact) mass is 222 g/mol. The minimum absolute atomic E-state index is 0.328. The zero-order valence-corrected chi connectivity index (χ0v) is 9.87. The van der Waals surface area contributed by atoms with Gasteiger partial charge < -0.3 is 10.6 Å². The molecule has 0 aromatic heterocycles. The second kappa shape index (κ2) is 4.36. The highest BCUT2D eigenvalue weighted by atomic mass is 16.2. The van der Waals surface area contributed by atoms with Gasteiger partial charge in [0.25, 0.3) is 0 Å². The molecular formula is C13H22N2O. The van der Waals surface area contributed by atoms with E-state index in [0.29, 0.717) is 11.8 Å². The summed E-state index contributed by atoms with van der Waals surface area (Å²) < 4.78 is 0. The number of carbonyl (C=O) groups excluding carboxylic acids is 1. The van der Waals surface area contributed by atoms with Crippen molar-refractivity contribution >= 4 is 5.91 Å². The summed E-state index contributed by atoms with van der Waals surface area (Å²) in [6.45, 7) is 1.75. The predicted molar refractivity (Wildman–Crippen MR) is 63.0 cm³/mol. The lowest BCUT2D eigenvalue weighted by Crippen LogP contribution is -2.34. The molecule has 3 nitrogen and oxygen atoms in total. The zero-order chi connectivity index (χ0) is 11.0. The maximum absolute atomic E-state index is 11.9. The van der Waals surface area contributed by atoms with Crippen molar-refractivity contribution in [3.63, 3.8) is 0 Å². The van der Waals surface area contributed by atoms with Gasteiger partial charge in [0, 0.05) is 25.0 Å². The first kappa shape index (κ1) is 10.6. The van der Waals surface area contributed by atoms with Crippen molar-refractivity contribution in [2.75, 3.05) is 13.1 Å². The van der Waals surface area contributed by atoms with Crippen molar-refractivity contribution in [1.82, 2.24) is 10.6 Å². The van der Waals surface area contributed by atoms with E-state index in [-0.39, 0.29) is 0 Å². The van der Waals surface area contributed by atoms with Gasteiger partial charge in [-0.15, -0.1) is 0 Å². The molecule has 0 aromatic rings. The van der Waals surface area contributed by atoms with Crippen LogP contribution in [0.15, 0.2) is 0 Å². The SMILES string of the molecule is O=C(NCCNC1CC1)C1C2CCCCC21. The molecule has 0 aromatic carbocycles. The number of hydrogen-bond donors (Lipinski definition) is 2. The molecule has 0 bridgehead atoms. The van der Waals surface area contributed by atoms with Gasteiger partial charge in [-0.3, -0.25) is 4.79 Å². The van der Waals surface area contributed by atoms with E-state index in [1.807, 2.05) is 0 Å². The van der Waals surface area contributed by atoms with Crippen LogP contribution in [0.25, 0.3) is 0 Å². The molecule has 0 heterocycles. The Labute approximate surface area is 97.4 Å². The molecule has 3 aliphatic carbocycles. The van der Waals surface area contributed by atoms with Crippen LogP contribution in [0.2, 0.25) is 0 Å². The number of carbonyl (C=O) groups is 1. The van der Waals surface area contributed by atoms with Gasteiger partial charge in [-0.25, -0.2) is 0 Å².